The van der Waals surface area contributed by atoms with Crippen LogP contribution in [0.15, 0.2) is 30.3 Å². The van der Waals surface area contributed by atoms with Crippen molar-refractivity contribution in [1.29, 1.82) is 0 Å². The lowest BCUT2D eigenvalue weighted by atomic mass is 10.2. The van der Waals surface area contributed by atoms with E-state index in [9.17, 15) is 4.79 Å². The number of carbonyl (C=O) groups is 1. The van der Waals surface area contributed by atoms with Crippen molar-refractivity contribution in [3.05, 3.63) is 53.1 Å². The van der Waals surface area contributed by atoms with E-state index >= 15 is 0 Å². The Bertz CT molecular complexity index is 1180. The van der Waals surface area contributed by atoms with Gasteiger partial charge in [0, 0.05) is 30.4 Å². The third-order valence-electron chi connectivity index (χ3n) is 4.28. The van der Waals surface area contributed by atoms with Crippen LogP contribution in [0.2, 0.25) is 0 Å². The van der Waals surface area contributed by atoms with Gasteiger partial charge in [-0.15, -0.1) is 0 Å². The largest absolute Gasteiger partial charge is 0.368 e. The summed E-state index contributed by atoms with van der Waals surface area (Å²) in [6.45, 7) is 6.75. The Morgan fingerprint density at radius 3 is 2.66 bits per heavy atom. The van der Waals surface area contributed by atoms with Crippen LogP contribution in [-0.4, -0.2) is 47.5 Å². The van der Waals surface area contributed by atoms with Crippen LogP contribution in [0.4, 0.5) is 5.82 Å². The maximum Gasteiger partial charge on any atom is 0.251 e. The summed E-state index contributed by atoms with van der Waals surface area (Å²) in [6, 6.07) is 9.14. The van der Waals surface area contributed by atoms with E-state index in [1.165, 1.54) is 0 Å². The summed E-state index contributed by atoms with van der Waals surface area (Å²) in [6.07, 6.45) is 0. The van der Waals surface area contributed by atoms with Crippen molar-refractivity contribution >= 4 is 34.5 Å². The highest BCUT2D eigenvalue weighted by molar-refractivity contribution is 7.00. The molecule has 9 nitrogen and oxygen atoms in total. The molecule has 0 saturated carbocycles. The molecule has 10 heteroatoms. The molecule has 1 amide bonds. The third-order valence-corrected chi connectivity index (χ3v) is 4.84. The number of rotatable bonds is 6. The van der Waals surface area contributed by atoms with Gasteiger partial charge >= 0.3 is 0 Å². The minimum absolute atomic E-state index is 0.149. The lowest BCUT2D eigenvalue weighted by Crippen LogP contribution is -2.29. The standard InChI is InChI=1S/C19H20N8OS/c1-11-8-12(2)27(24-11)18-10-17(22-13(3)23-18)20-6-7-21-19(28)14-4-5-15-16(9-14)26-29-25-15/h4-5,8-10H,6-7H2,1-3H3,(H,21,28)(H,20,22,23). The summed E-state index contributed by atoms with van der Waals surface area (Å²) in [5.41, 5.74) is 4.03. The second-order valence-corrected chi connectivity index (χ2v) is 7.18. The van der Waals surface area contributed by atoms with Gasteiger partial charge in [-0.1, -0.05) is 0 Å². The highest BCUT2D eigenvalue weighted by atomic mass is 32.1. The number of amides is 1. The van der Waals surface area contributed by atoms with Gasteiger partial charge in [0.1, 0.15) is 22.7 Å². The van der Waals surface area contributed by atoms with E-state index in [0.29, 0.717) is 36.1 Å². The first-order chi connectivity index (χ1) is 14.0. The zero-order valence-corrected chi connectivity index (χ0v) is 17.1. The molecule has 0 aliphatic heterocycles. The number of fused-ring (bicyclic) bond motifs is 1. The lowest BCUT2D eigenvalue weighted by Gasteiger charge is -2.10. The highest BCUT2D eigenvalue weighted by Gasteiger charge is 2.10. The van der Waals surface area contributed by atoms with Gasteiger partial charge in [0.05, 0.1) is 17.4 Å². The Morgan fingerprint density at radius 1 is 1.03 bits per heavy atom. The average Bonchev–Trinajstić information content (AvgIpc) is 3.29. The average molecular weight is 408 g/mol. The predicted octanol–water partition coefficient (Wildman–Crippen LogP) is 2.43. The van der Waals surface area contributed by atoms with Gasteiger partial charge in [0.2, 0.25) is 0 Å². The van der Waals surface area contributed by atoms with Gasteiger partial charge in [-0.05, 0) is 45.0 Å². The summed E-state index contributed by atoms with van der Waals surface area (Å²) >= 11 is 1.14. The third kappa shape index (κ3) is 4.21. The van der Waals surface area contributed by atoms with Crippen molar-refractivity contribution in [2.24, 2.45) is 0 Å². The van der Waals surface area contributed by atoms with Crippen LogP contribution in [0.3, 0.4) is 0 Å². The molecule has 0 saturated heterocycles. The number of nitrogens with zero attached hydrogens (tertiary/aromatic N) is 6. The molecule has 148 valence electrons. The van der Waals surface area contributed by atoms with Crippen LogP contribution in [0.5, 0.6) is 0 Å². The van der Waals surface area contributed by atoms with Gasteiger partial charge in [-0.2, -0.15) is 13.8 Å². The molecule has 0 bridgehead atoms. The molecule has 0 aliphatic carbocycles. The van der Waals surface area contributed by atoms with Crippen LogP contribution in [-0.2, 0) is 0 Å². The minimum Gasteiger partial charge on any atom is -0.368 e. The summed E-state index contributed by atoms with van der Waals surface area (Å²) < 4.78 is 10.1. The second kappa shape index (κ2) is 7.92. The molecular weight excluding hydrogens is 388 g/mol. The van der Waals surface area contributed by atoms with E-state index in [1.807, 2.05) is 32.9 Å². The molecule has 29 heavy (non-hydrogen) atoms. The quantitative estimate of drug-likeness (QED) is 0.471. The number of nitrogens with one attached hydrogen (secondary N) is 2. The van der Waals surface area contributed by atoms with Crippen LogP contribution >= 0.6 is 11.7 Å². The highest BCUT2D eigenvalue weighted by Crippen LogP contribution is 2.14. The van der Waals surface area contributed by atoms with Crippen LogP contribution in [0.25, 0.3) is 16.9 Å². The maximum atomic E-state index is 12.3. The Morgan fingerprint density at radius 2 is 1.86 bits per heavy atom. The van der Waals surface area contributed by atoms with Crippen molar-refractivity contribution in [1.82, 2.24) is 33.8 Å². The molecule has 0 spiro atoms. The molecule has 3 aromatic heterocycles. The molecule has 4 rings (SSSR count). The molecule has 4 aromatic rings. The normalized spacial score (nSPS) is 11.0. The Labute approximate surface area is 171 Å². The molecule has 3 heterocycles. The van der Waals surface area contributed by atoms with Crippen molar-refractivity contribution < 1.29 is 4.79 Å². The number of aromatic nitrogens is 6. The second-order valence-electron chi connectivity index (χ2n) is 6.65. The molecular formula is C19H20N8OS. The van der Waals surface area contributed by atoms with Crippen molar-refractivity contribution in [2.45, 2.75) is 20.8 Å². The first-order valence-electron chi connectivity index (χ1n) is 9.13. The van der Waals surface area contributed by atoms with E-state index in [2.05, 4.69) is 34.4 Å². The van der Waals surface area contributed by atoms with E-state index in [-0.39, 0.29) is 5.91 Å². The molecule has 0 atom stereocenters. The number of carbonyl (C=O) groups excluding carboxylic acids is 1. The summed E-state index contributed by atoms with van der Waals surface area (Å²) in [7, 11) is 0. The van der Waals surface area contributed by atoms with Crippen LogP contribution in [0, 0.1) is 20.8 Å². The number of benzene rings is 1. The first kappa shape index (κ1) is 18.9. The molecule has 0 radical (unpaired) electrons. The molecule has 2 N–H and O–H groups in total. The Hall–Kier alpha value is -3.40. The molecule has 1 aromatic carbocycles. The van der Waals surface area contributed by atoms with Gasteiger partial charge in [0.25, 0.3) is 5.91 Å². The van der Waals surface area contributed by atoms with Crippen LogP contribution in [0.1, 0.15) is 27.6 Å². The summed E-state index contributed by atoms with van der Waals surface area (Å²) in [4.78, 5) is 21.2. The SMILES string of the molecule is Cc1cc(C)n(-c2cc(NCCNC(=O)c3ccc4nsnc4c3)nc(C)n2)n1. The first-order valence-corrected chi connectivity index (χ1v) is 9.86. The van der Waals surface area contributed by atoms with Crippen LogP contribution < -0.4 is 10.6 Å². The number of hydrogen-bond donors (Lipinski definition) is 2. The molecule has 0 unspecified atom stereocenters. The van der Waals surface area contributed by atoms with Gasteiger partial charge in [-0.25, -0.2) is 14.6 Å². The number of aryl methyl sites for hydroxylation is 3. The molecule has 0 fully saturated rings. The van der Waals surface area contributed by atoms with Crippen molar-refractivity contribution in [3.63, 3.8) is 0 Å². The van der Waals surface area contributed by atoms with E-state index in [0.717, 1.165) is 34.1 Å². The summed E-state index contributed by atoms with van der Waals surface area (Å²) in [5.74, 6) is 1.89. The fourth-order valence-corrected chi connectivity index (χ4v) is 3.52. The lowest BCUT2D eigenvalue weighted by molar-refractivity contribution is 0.0955. The maximum absolute atomic E-state index is 12.3. The van der Waals surface area contributed by atoms with Gasteiger partial charge in [-0.3, -0.25) is 4.79 Å². The number of hydrogen-bond acceptors (Lipinski definition) is 8. The monoisotopic (exact) mass is 408 g/mol. The van der Waals surface area contributed by atoms with E-state index in [1.54, 1.807) is 22.9 Å². The van der Waals surface area contributed by atoms with E-state index in [4.69, 9.17) is 0 Å². The fraction of sp³-hybridized carbons (Fsp3) is 0.263. The van der Waals surface area contributed by atoms with Gasteiger partial charge < -0.3 is 10.6 Å². The zero-order chi connectivity index (χ0) is 20.4. The predicted molar refractivity (Wildman–Crippen MR) is 112 cm³/mol. The number of anilines is 1. The molecule has 0 aliphatic rings. The van der Waals surface area contributed by atoms with Crippen molar-refractivity contribution in [3.8, 4) is 5.82 Å². The Kier molecular flexibility index (Phi) is 5.17. The van der Waals surface area contributed by atoms with E-state index < -0.39 is 0 Å². The summed E-state index contributed by atoms with van der Waals surface area (Å²) in [5, 5.41) is 10.6. The fourth-order valence-electron chi connectivity index (χ4n) is 3.00. The van der Waals surface area contributed by atoms with Gasteiger partial charge in [0.15, 0.2) is 5.82 Å². The minimum atomic E-state index is -0.149. The zero-order valence-electron chi connectivity index (χ0n) is 16.3. The topological polar surface area (TPSA) is 111 Å². The van der Waals surface area contributed by atoms with Crippen molar-refractivity contribution in [2.75, 3.05) is 18.4 Å². The smallest absolute Gasteiger partial charge is 0.251 e. The Balaban J connectivity index is 1.36.